The standard InChI is InChI=1S/C16H23N3O/c1-14-12-18(9-5-8-17)10-11-19(14)13-16(20)15-6-3-2-4-7-15/h2-4,6-7,14,16,20H,5,9-13H2,1H3/t14-,16+/m1/s1. The number of aliphatic hydroxyl groups is 1. The Morgan fingerprint density at radius 2 is 2.10 bits per heavy atom. The highest BCUT2D eigenvalue weighted by atomic mass is 16.3. The average molecular weight is 273 g/mol. The quantitative estimate of drug-likeness (QED) is 0.886. The van der Waals surface area contributed by atoms with Gasteiger partial charge in [-0.25, -0.2) is 0 Å². The Morgan fingerprint density at radius 1 is 1.35 bits per heavy atom. The van der Waals surface area contributed by atoms with Crippen molar-refractivity contribution in [1.29, 1.82) is 5.26 Å². The fraction of sp³-hybridized carbons (Fsp3) is 0.562. The predicted octanol–water partition coefficient (Wildman–Crippen LogP) is 1.64. The Balaban J connectivity index is 1.84. The maximum atomic E-state index is 10.3. The highest BCUT2D eigenvalue weighted by Gasteiger charge is 2.25. The lowest BCUT2D eigenvalue weighted by molar-refractivity contribution is 0.0396. The summed E-state index contributed by atoms with van der Waals surface area (Å²) in [6.45, 7) is 6.64. The van der Waals surface area contributed by atoms with E-state index >= 15 is 0 Å². The van der Waals surface area contributed by atoms with E-state index in [-0.39, 0.29) is 0 Å². The number of β-amino-alcohol motifs (C(OH)–C–C–N with tert-alkyl or cyclic N) is 1. The van der Waals surface area contributed by atoms with Crippen LogP contribution in [0.3, 0.4) is 0 Å². The summed E-state index contributed by atoms with van der Waals surface area (Å²) < 4.78 is 0. The van der Waals surface area contributed by atoms with Gasteiger partial charge in [-0.15, -0.1) is 0 Å². The van der Waals surface area contributed by atoms with Crippen LogP contribution in [-0.2, 0) is 0 Å². The minimum atomic E-state index is -0.427. The second-order valence-electron chi connectivity index (χ2n) is 5.48. The number of nitrogens with zero attached hydrogens (tertiary/aromatic N) is 3. The zero-order valence-electron chi connectivity index (χ0n) is 12.1. The maximum absolute atomic E-state index is 10.3. The Kier molecular flexibility index (Phi) is 5.54. The summed E-state index contributed by atoms with van der Waals surface area (Å²) >= 11 is 0. The molecule has 2 rings (SSSR count). The van der Waals surface area contributed by atoms with Crippen LogP contribution in [0.5, 0.6) is 0 Å². The fourth-order valence-electron chi connectivity index (χ4n) is 2.76. The van der Waals surface area contributed by atoms with Crippen LogP contribution in [0.4, 0.5) is 0 Å². The van der Waals surface area contributed by atoms with Crippen LogP contribution in [0.15, 0.2) is 30.3 Å². The van der Waals surface area contributed by atoms with Crippen molar-refractivity contribution in [2.45, 2.75) is 25.5 Å². The van der Waals surface area contributed by atoms with Gasteiger partial charge in [0.25, 0.3) is 0 Å². The number of aliphatic hydroxyl groups excluding tert-OH is 1. The molecule has 1 aliphatic rings. The summed E-state index contributed by atoms with van der Waals surface area (Å²) in [6.07, 6.45) is 0.170. The van der Waals surface area contributed by atoms with Gasteiger partial charge in [0.2, 0.25) is 0 Å². The minimum absolute atomic E-state index is 0.417. The molecule has 0 radical (unpaired) electrons. The van der Waals surface area contributed by atoms with Crippen molar-refractivity contribution in [3.05, 3.63) is 35.9 Å². The molecule has 0 unspecified atom stereocenters. The van der Waals surface area contributed by atoms with Crippen LogP contribution in [-0.4, -0.2) is 53.7 Å². The largest absolute Gasteiger partial charge is 0.387 e. The van der Waals surface area contributed by atoms with Gasteiger partial charge in [-0.05, 0) is 12.5 Å². The van der Waals surface area contributed by atoms with Gasteiger partial charge in [0.15, 0.2) is 0 Å². The van der Waals surface area contributed by atoms with Gasteiger partial charge < -0.3 is 5.11 Å². The molecular formula is C16H23N3O. The number of hydrogen-bond acceptors (Lipinski definition) is 4. The lowest BCUT2D eigenvalue weighted by Crippen LogP contribution is -2.52. The van der Waals surface area contributed by atoms with E-state index in [1.807, 2.05) is 30.3 Å². The molecule has 1 aromatic rings. The molecule has 108 valence electrons. The monoisotopic (exact) mass is 273 g/mol. The molecule has 0 amide bonds. The van der Waals surface area contributed by atoms with E-state index in [0.29, 0.717) is 19.0 Å². The van der Waals surface area contributed by atoms with Crippen LogP contribution >= 0.6 is 0 Å². The second kappa shape index (κ2) is 7.39. The van der Waals surface area contributed by atoms with Gasteiger partial charge in [-0.3, -0.25) is 9.80 Å². The Morgan fingerprint density at radius 3 is 2.75 bits per heavy atom. The molecule has 1 aromatic carbocycles. The summed E-state index contributed by atoms with van der Waals surface area (Å²) in [6, 6.07) is 12.4. The third-order valence-electron chi connectivity index (χ3n) is 3.98. The first-order valence-corrected chi connectivity index (χ1v) is 7.27. The Bertz CT molecular complexity index is 443. The van der Waals surface area contributed by atoms with E-state index in [9.17, 15) is 5.11 Å². The Labute approximate surface area is 121 Å². The normalized spacial score (nSPS) is 22.4. The van der Waals surface area contributed by atoms with Gasteiger partial charge >= 0.3 is 0 Å². The van der Waals surface area contributed by atoms with Crippen molar-refractivity contribution >= 4 is 0 Å². The highest BCUT2D eigenvalue weighted by molar-refractivity contribution is 5.17. The van der Waals surface area contributed by atoms with Crippen molar-refractivity contribution in [3.8, 4) is 6.07 Å². The number of nitriles is 1. The molecule has 1 heterocycles. The van der Waals surface area contributed by atoms with E-state index in [4.69, 9.17) is 5.26 Å². The van der Waals surface area contributed by atoms with Gasteiger partial charge in [0.1, 0.15) is 0 Å². The van der Waals surface area contributed by atoms with E-state index in [2.05, 4.69) is 22.8 Å². The van der Waals surface area contributed by atoms with Crippen LogP contribution < -0.4 is 0 Å². The predicted molar refractivity (Wildman–Crippen MR) is 79.1 cm³/mol. The summed E-state index contributed by atoms with van der Waals surface area (Å²) in [7, 11) is 0. The van der Waals surface area contributed by atoms with Crippen molar-refractivity contribution in [1.82, 2.24) is 9.80 Å². The third-order valence-corrected chi connectivity index (χ3v) is 3.98. The number of piperazine rings is 1. The van der Waals surface area contributed by atoms with Gasteiger partial charge in [0, 0.05) is 45.2 Å². The van der Waals surface area contributed by atoms with E-state index < -0.39 is 6.10 Å². The molecule has 1 saturated heterocycles. The Hall–Kier alpha value is -1.41. The number of benzene rings is 1. The van der Waals surface area contributed by atoms with E-state index in [1.165, 1.54) is 0 Å². The second-order valence-corrected chi connectivity index (χ2v) is 5.48. The summed E-state index contributed by atoms with van der Waals surface area (Å²) in [5, 5.41) is 18.9. The van der Waals surface area contributed by atoms with E-state index in [1.54, 1.807) is 0 Å². The summed E-state index contributed by atoms with van der Waals surface area (Å²) in [5.41, 5.74) is 0.978. The van der Waals surface area contributed by atoms with Gasteiger partial charge in [-0.2, -0.15) is 5.26 Å². The molecule has 4 heteroatoms. The molecule has 0 aromatic heterocycles. The van der Waals surface area contributed by atoms with E-state index in [0.717, 1.165) is 31.7 Å². The first kappa shape index (κ1) is 15.0. The zero-order chi connectivity index (χ0) is 14.4. The lowest BCUT2D eigenvalue weighted by atomic mass is 10.1. The summed E-state index contributed by atoms with van der Waals surface area (Å²) in [5.74, 6) is 0. The summed E-state index contributed by atoms with van der Waals surface area (Å²) in [4.78, 5) is 4.67. The molecule has 1 N–H and O–H groups in total. The van der Waals surface area contributed by atoms with Crippen LogP contribution in [0, 0.1) is 11.3 Å². The van der Waals surface area contributed by atoms with Gasteiger partial charge in [-0.1, -0.05) is 30.3 Å². The van der Waals surface area contributed by atoms with Gasteiger partial charge in [0.05, 0.1) is 12.2 Å². The number of hydrogen-bond donors (Lipinski definition) is 1. The fourth-order valence-corrected chi connectivity index (χ4v) is 2.76. The average Bonchev–Trinajstić information content (AvgIpc) is 2.48. The molecule has 0 spiro atoms. The van der Waals surface area contributed by atoms with Crippen LogP contribution in [0.2, 0.25) is 0 Å². The smallest absolute Gasteiger partial charge is 0.0917 e. The van der Waals surface area contributed by atoms with Crippen molar-refractivity contribution in [2.75, 3.05) is 32.7 Å². The topological polar surface area (TPSA) is 50.5 Å². The minimum Gasteiger partial charge on any atom is -0.387 e. The molecule has 0 saturated carbocycles. The zero-order valence-corrected chi connectivity index (χ0v) is 12.1. The SMILES string of the molecule is C[C@@H]1CN(CCC#N)CCN1C[C@H](O)c1ccccc1. The molecule has 0 bridgehead atoms. The maximum Gasteiger partial charge on any atom is 0.0917 e. The molecule has 1 aliphatic heterocycles. The highest BCUT2D eigenvalue weighted by Crippen LogP contribution is 2.17. The van der Waals surface area contributed by atoms with Crippen LogP contribution in [0.1, 0.15) is 25.0 Å². The molecular weight excluding hydrogens is 250 g/mol. The van der Waals surface area contributed by atoms with Crippen LogP contribution in [0.25, 0.3) is 0 Å². The number of rotatable bonds is 5. The molecule has 1 fully saturated rings. The molecule has 0 aliphatic carbocycles. The van der Waals surface area contributed by atoms with Crippen molar-refractivity contribution in [3.63, 3.8) is 0 Å². The third kappa shape index (κ3) is 4.04. The molecule has 2 atom stereocenters. The first-order chi connectivity index (χ1) is 9.70. The molecule has 4 nitrogen and oxygen atoms in total. The van der Waals surface area contributed by atoms with Crippen molar-refractivity contribution < 1.29 is 5.11 Å². The first-order valence-electron chi connectivity index (χ1n) is 7.27. The molecule has 20 heavy (non-hydrogen) atoms. The van der Waals surface area contributed by atoms with Crippen molar-refractivity contribution in [2.24, 2.45) is 0 Å². The lowest BCUT2D eigenvalue weighted by Gasteiger charge is -2.40.